The Labute approximate surface area is 365 Å². The van der Waals surface area contributed by atoms with Crippen molar-refractivity contribution in [3.8, 4) is 44.5 Å². The second kappa shape index (κ2) is 12.6. The Morgan fingerprint density at radius 3 is 1.37 bits per heavy atom. The molecule has 0 aliphatic heterocycles. The Balaban J connectivity index is 1.03. The maximum atomic E-state index is 2.56. The van der Waals surface area contributed by atoms with E-state index in [1.54, 1.807) is 0 Å². The Morgan fingerprint density at radius 1 is 0.254 bits per heavy atom. The highest BCUT2D eigenvalue weighted by Crippen LogP contribution is 2.55. The molecule has 0 saturated carbocycles. The number of fused-ring (bicyclic) bond motifs is 9. The lowest BCUT2D eigenvalue weighted by Crippen LogP contribution is -2.15. The molecule has 0 fully saturated rings. The van der Waals surface area contributed by atoms with Crippen molar-refractivity contribution in [3.05, 3.63) is 217 Å². The molecule has 14 rings (SSSR count). The van der Waals surface area contributed by atoms with Crippen LogP contribution in [0.25, 0.3) is 131 Å². The van der Waals surface area contributed by atoms with Gasteiger partial charge in [-0.3, -0.25) is 0 Å². The summed E-state index contributed by atoms with van der Waals surface area (Å²) in [7, 11) is 0. The van der Waals surface area contributed by atoms with Crippen LogP contribution in [0.4, 0.5) is 0 Å². The van der Waals surface area contributed by atoms with E-state index in [1.807, 2.05) is 0 Å². The van der Waals surface area contributed by atoms with Crippen LogP contribution in [0.5, 0.6) is 0 Å². The third-order valence-electron chi connectivity index (χ3n) is 14.7. The average molecular weight is 797 g/mol. The molecule has 13 aromatic carbocycles. The first kappa shape index (κ1) is 34.9. The third kappa shape index (κ3) is 4.81. The van der Waals surface area contributed by atoms with Gasteiger partial charge in [0.25, 0.3) is 0 Å². The first-order chi connectivity index (χ1) is 31.0. The molecule has 0 amide bonds. The molecule has 0 nitrogen and oxygen atoms in total. The number of hydrogen-bond donors (Lipinski definition) is 0. The van der Waals surface area contributed by atoms with Gasteiger partial charge in [0.05, 0.1) is 0 Å². The Morgan fingerprint density at radius 2 is 0.714 bits per heavy atom. The molecule has 1 aliphatic rings. The van der Waals surface area contributed by atoms with E-state index < -0.39 is 0 Å². The summed E-state index contributed by atoms with van der Waals surface area (Å²) in [5, 5.41) is 20.8. The molecule has 0 spiro atoms. The van der Waals surface area contributed by atoms with Gasteiger partial charge in [-0.15, -0.1) is 0 Å². The van der Waals surface area contributed by atoms with Crippen molar-refractivity contribution in [3.63, 3.8) is 0 Å². The predicted octanol–water partition coefficient (Wildman–Crippen LogP) is 17.7. The smallest absolute Gasteiger partial charge is 0.0159 e. The predicted molar refractivity (Wildman–Crippen MR) is 272 cm³/mol. The quantitative estimate of drug-likeness (QED) is 0.123. The number of hydrogen-bond acceptors (Lipinski definition) is 0. The highest BCUT2D eigenvalue weighted by molar-refractivity contribution is 6.34. The van der Waals surface area contributed by atoms with Crippen molar-refractivity contribution in [1.29, 1.82) is 0 Å². The monoisotopic (exact) mass is 796 g/mol. The molecule has 0 saturated heterocycles. The van der Waals surface area contributed by atoms with Crippen LogP contribution in [0.15, 0.2) is 206 Å². The highest BCUT2D eigenvalue weighted by atomic mass is 14.4. The van der Waals surface area contributed by atoms with Crippen molar-refractivity contribution in [1.82, 2.24) is 0 Å². The summed E-state index contributed by atoms with van der Waals surface area (Å²) in [5.41, 5.74) is 12.8. The first-order valence-electron chi connectivity index (χ1n) is 22.2. The summed E-state index contributed by atoms with van der Waals surface area (Å²) in [6, 6.07) is 78.1. The molecular weight excluding hydrogens is 757 g/mol. The van der Waals surface area contributed by atoms with Crippen LogP contribution in [-0.4, -0.2) is 0 Å². The maximum Gasteiger partial charge on any atom is 0.0159 e. The van der Waals surface area contributed by atoms with Crippen LogP contribution in [0.2, 0.25) is 0 Å². The van der Waals surface area contributed by atoms with Crippen molar-refractivity contribution >= 4 is 86.2 Å². The molecule has 0 heteroatoms. The second-order valence-electron chi connectivity index (χ2n) is 18.3. The topological polar surface area (TPSA) is 0 Å². The molecular formula is C63H40. The fourth-order valence-electron chi connectivity index (χ4n) is 11.8. The number of benzene rings is 13. The normalized spacial score (nSPS) is 13.4. The summed E-state index contributed by atoms with van der Waals surface area (Å²) in [6.07, 6.45) is 0. The highest BCUT2D eigenvalue weighted by Gasteiger charge is 2.37. The molecule has 0 aromatic heterocycles. The van der Waals surface area contributed by atoms with Crippen molar-refractivity contribution in [2.24, 2.45) is 0 Å². The molecule has 0 unspecified atom stereocenters. The third-order valence-corrected chi connectivity index (χ3v) is 14.7. The fourth-order valence-corrected chi connectivity index (χ4v) is 11.8. The van der Waals surface area contributed by atoms with Crippen LogP contribution < -0.4 is 0 Å². The summed E-state index contributed by atoms with van der Waals surface area (Å²) in [4.78, 5) is 0. The summed E-state index contributed by atoms with van der Waals surface area (Å²) in [5.74, 6) is 0. The van der Waals surface area contributed by atoms with Gasteiger partial charge in [-0.05, 0) is 172 Å². The van der Waals surface area contributed by atoms with Gasteiger partial charge in [0.1, 0.15) is 0 Å². The first-order valence-corrected chi connectivity index (χ1v) is 22.2. The molecule has 0 radical (unpaired) electrons. The molecule has 63 heavy (non-hydrogen) atoms. The maximum absolute atomic E-state index is 2.56. The van der Waals surface area contributed by atoms with Gasteiger partial charge in [0, 0.05) is 5.41 Å². The van der Waals surface area contributed by atoms with Crippen LogP contribution in [-0.2, 0) is 5.41 Å². The lowest BCUT2D eigenvalue weighted by molar-refractivity contribution is 0.661. The van der Waals surface area contributed by atoms with Gasteiger partial charge in [-0.1, -0.05) is 190 Å². The number of rotatable bonds is 3. The molecule has 13 aromatic rings. The molecule has 0 bridgehead atoms. The van der Waals surface area contributed by atoms with Gasteiger partial charge in [0.15, 0.2) is 0 Å². The van der Waals surface area contributed by atoms with E-state index in [4.69, 9.17) is 0 Å². The van der Waals surface area contributed by atoms with Crippen molar-refractivity contribution < 1.29 is 0 Å². The Bertz CT molecular complexity index is 4060. The van der Waals surface area contributed by atoms with Gasteiger partial charge in [0.2, 0.25) is 0 Å². The molecule has 1 aliphatic carbocycles. The van der Waals surface area contributed by atoms with Crippen LogP contribution in [0, 0.1) is 0 Å². The van der Waals surface area contributed by atoms with Gasteiger partial charge >= 0.3 is 0 Å². The largest absolute Gasteiger partial charge is 0.0616 e. The molecule has 0 N–H and O–H groups in total. The molecule has 0 atom stereocenters. The summed E-state index contributed by atoms with van der Waals surface area (Å²) < 4.78 is 0. The van der Waals surface area contributed by atoms with Gasteiger partial charge in [-0.2, -0.15) is 0 Å². The van der Waals surface area contributed by atoms with E-state index in [9.17, 15) is 0 Å². The zero-order valence-electron chi connectivity index (χ0n) is 35.1. The zero-order valence-corrected chi connectivity index (χ0v) is 35.1. The summed E-state index contributed by atoms with van der Waals surface area (Å²) in [6.45, 7) is 4.87. The minimum Gasteiger partial charge on any atom is -0.0616 e. The molecule has 292 valence electrons. The summed E-state index contributed by atoms with van der Waals surface area (Å²) >= 11 is 0. The van der Waals surface area contributed by atoms with E-state index >= 15 is 0 Å². The second-order valence-corrected chi connectivity index (χ2v) is 18.3. The van der Waals surface area contributed by atoms with Crippen LogP contribution in [0.1, 0.15) is 25.0 Å². The van der Waals surface area contributed by atoms with Gasteiger partial charge in [-0.25, -0.2) is 0 Å². The van der Waals surface area contributed by atoms with Crippen molar-refractivity contribution in [2.45, 2.75) is 19.3 Å². The minimum atomic E-state index is -0.231. The van der Waals surface area contributed by atoms with E-state index in [0.717, 1.165) is 0 Å². The van der Waals surface area contributed by atoms with Gasteiger partial charge < -0.3 is 0 Å². The average Bonchev–Trinajstić information content (AvgIpc) is 3.55. The standard InChI is InChI=1S/C63H40/c1-63(2)57-34-42(45-30-31-53-51-21-10-17-39-16-9-20-50(59(39)51)52-23-11-22-47(45)62(52)53)28-29-46(57)54-35-55-56(36-58(54)63)61(44-27-25-38-13-4-6-15-41(38)33-44)49-19-8-7-18-48(49)60(55)43-26-24-37-12-3-5-14-40(37)32-43/h3-36H,1-2H3. The van der Waals surface area contributed by atoms with Crippen LogP contribution >= 0.6 is 0 Å². The van der Waals surface area contributed by atoms with E-state index in [0.29, 0.717) is 0 Å². The zero-order chi connectivity index (χ0) is 41.6. The lowest BCUT2D eigenvalue weighted by Gasteiger charge is -2.24. The fraction of sp³-hybridized carbons (Fsp3) is 0.0476. The SMILES string of the molecule is CC1(C)c2cc(-c3ccc4c5cccc6cccc(c7cccc3c74)c65)ccc2-c2cc3c(-c4ccc5ccccc5c4)c4ccccc4c(-c4ccc5ccccc5c4)c3cc21. The Hall–Kier alpha value is -7.80. The van der Waals surface area contributed by atoms with E-state index in [1.165, 1.54) is 142 Å². The minimum absolute atomic E-state index is 0.231. The van der Waals surface area contributed by atoms with E-state index in [-0.39, 0.29) is 5.41 Å². The Kier molecular flexibility index (Phi) is 6.99. The van der Waals surface area contributed by atoms with E-state index in [2.05, 4.69) is 220 Å². The van der Waals surface area contributed by atoms with Crippen molar-refractivity contribution in [2.75, 3.05) is 0 Å². The lowest BCUT2D eigenvalue weighted by atomic mass is 9.79. The van der Waals surface area contributed by atoms with Crippen LogP contribution in [0.3, 0.4) is 0 Å². The molecule has 0 heterocycles.